The van der Waals surface area contributed by atoms with Gasteiger partial charge in [0.25, 0.3) is 5.91 Å². The molecule has 0 aliphatic carbocycles. The molecular weight excluding hydrogens is 267 g/mol. The molecule has 1 fully saturated rings. The van der Waals surface area contributed by atoms with E-state index in [2.05, 4.69) is 0 Å². The topological polar surface area (TPSA) is 25.2 Å². The van der Waals surface area contributed by atoms with Crippen molar-refractivity contribution in [2.75, 3.05) is 6.54 Å². The van der Waals surface area contributed by atoms with Crippen LogP contribution >= 0.6 is 0 Å². The van der Waals surface area contributed by atoms with Gasteiger partial charge in [-0.15, -0.1) is 0 Å². The van der Waals surface area contributed by atoms with Gasteiger partial charge in [-0.1, -0.05) is 12.1 Å². The smallest absolute Gasteiger partial charge is 0.270 e. The molecule has 110 valence electrons. The number of halogens is 1. The predicted octanol–water partition coefficient (Wildman–Crippen LogP) is 3.53. The molecule has 2 aromatic rings. The van der Waals surface area contributed by atoms with Crippen LogP contribution in [-0.4, -0.2) is 21.9 Å². The molecule has 0 radical (unpaired) electrons. The van der Waals surface area contributed by atoms with Gasteiger partial charge >= 0.3 is 0 Å². The molecule has 1 aromatic carbocycles. The van der Waals surface area contributed by atoms with E-state index in [1.165, 1.54) is 12.1 Å². The number of likely N-dealkylation sites (tertiary alicyclic amines) is 1. The second kappa shape index (κ2) is 5.72. The molecule has 2 heterocycles. The number of carbonyl (C=O) groups excluding carboxylic acids is 1. The minimum absolute atomic E-state index is 0.0433. The van der Waals surface area contributed by atoms with Crippen LogP contribution in [0.1, 0.15) is 41.4 Å². The third-order valence-corrected chi connectivity index (χ3v) is 4.18. The lowest BCUT2D eigenvalue weighted by molar-refractivity contribution is 0.0601. The Hall–Kier alpha value is -2.10. The average molecular weight is 286 g/mol. The number of rotatable bonds is 2. The van der Waals surface area contributed by atoms with E-state index < -0.39 is 0 Å². The summed E-state index contributed by atoms with van der Waals surface area (Å²) >= 11 is 0. The third kappa shape index (κ3) is 2.71. The Bertz CT molecular complexity index is 632. The zero-order valence-electron chi connectivity index (χ0n) is 12.1. The van der Waals surface area contributed by atoms with Crippen LogP contribution in [0.25, 0.3) is 0 Å². The Morgan fingerprint density at radius 1 is 1.19 bits per heavy atom. The number of piperidine rings is 1. The van der Waals surface area contributed by atoms with Gasteiger partial charge in [-0.25, -0.2) is 4.39 Å². The fourth-order valence-electron chi connectivity index (χ4n) is 3.04. The maximum absolute atomic E-state index is 13.1. The number of aryl methyl sites for hydroxylation is 1. The largest absolute Gasteiger partial charge is 0.347 e. The van der Waals surface area contributed by atoms with E-state index in [0.717, 1.165) is 31.4 Å². The number of nitrogens with zero attached hydrogens (tertiary/aromatic N) is 2. The van der Waals surface area contributed by atoms with E-state index in [0.29, 0.717) is 5.69 Å². The van der Waals surface area contributed by atoms with Crippen molar-refractivity contribution in [1.82, 2.24) is 9.47 Å². The van der Waals surface area contributed by atoms with Crippen LogP contribution in [0.4, 0.5) is 4.39 Å². The first-order valence-electron chi connectivity index (χ1n) is 7.34. The van der Waals surface area contributed by atoms with Crippen LogP contribution in [-0.2, 0) is 7.05 Å². The summed E-state index contributed by atoms with van der Waals surface area (Å²) < 4.78 is 14.9. The molecule has 4 heteroatoms. The number of carbonyl (C=O) groups is 1. The summed E-state index contributed by atoms with van der Waals surface area (Å²) in [6.45, 7) is 0.756. The van der Waals surface area contributed by atoms with Gasteiger partial charge in [0.05, 0.1) is 6.04 Å². The molecule has 1 saturated heterocycles. The van der Waals surface area contributed by atoms with Gasteiger partial charge in [-0.2, -0.15) is 0 Å². The van der Waals surface area contributed by atoms with Crippen molar-refractivity contribution in [3.8, 4) is 0 Å². The fourth-order valence-corrected chi connectivity index (χ4v) is 3.04. The standard InChI is InChI=1S/C17H19FN2O/c1-19-11-4-6-16(19)17(21)20-12-3-2-5-15(20)13-7-9-14(18)10-8-13/h4,6-11,15H,2-3,5,12H2,1H3/t15-/m0/s1. The molecule has 21 heavy (non-hydrogen) atoms. The number of amides is 1. The molecule has 0 N–H and O–H groups in total. The van der Waals surface area contributed by atoms with Crippen LogP contribution in [0.15, 0.2) is 42.6 Å². The summed E-state index contributed by atoms with van der Waals surface area (Å²) in [5.41, 5.74) is 1.71. The first-order valence-corrected chi connectivity index (χ1v) is 7.34. The van der Waals surface area contributed by atoms with Crippen LogP contribution in [0.2, 0.25) is 0 Å². The summed E-state index contributed by atoms with van der Waals surface area (Å²) in [6, 6.07) is 10.3. The molecule has 1 aliphatic heterocycles. The lowest BCUT2D eigenvalue weighted by Gasteiger charge is -2.36. The van der Waals surface area contributed by atoms with Gasteiger partial charge < -0.3 is 9.47 Å². The molecule has 0 saturated carbocycles. The maximum Gasteiger partial charge on any atom is 0.270 e. The predicted molar refractivity (Wildman–Crippen MR) is 79.4 cm³/mol. The normalized spacial score (nSPS) is 18.8. The molecule has 0 spiro atoms. The van der Waals surface area contributed by atoms with Crippen LogP contribution in [0.3, 0.4) is 0 Å². The van der Waals surface area contributed by atoms with Crippen molar-refractivity contribution in [3.63, 3.8) is 0 Å². The fraction of sp³-hybridized carbons (Fsp3) is 0.353. The summed E-state index contributed by atoms with van der Waals surface area (Å²) in [5.74, 6) is -0.189. The van der Waals surface area contributed by atoms with E-state index in [-0.39, 0.29) is 17.8 Å². The number of benzene rings is 1. The van der Waals surface area contributed by atoms with Gasteiger partial charge in [-0.05, 0) is 49.1 Å². The van der Waals surface area contributed by atoms with Crippen molar-refractivity contribution in [1.29, 1.82) is 0 Å². The number of aromatic nitrogens is 1. The van der Waals surface area contributed by atoms with Gasteiger partial charge in [0.2, 0.25) is 0 Å². The molecule has 3 nitrogen and oxygen atoms in total. The Balaban J connectivity index is 1.89. The SMILES string of the molecule is Cn1cccc1C(=O)N1CCCC[C@H]1c1ccc(F)cc1. The van der Waals surface area contributed by atoms with Crippen molar-refractivity contribution in [2.24, 2.45) is 7.05 Å². The van der Waals surface area contributed by atoms with Crippen molar-refractivity contribution >= 4 is 5.91 Å². The van der Waals surface area contributed by atoms with Gasteiger partial charge in [-0.3, -0.25) is 4.79 Å². The van der Waals surface area contributed by atoms with E-state index in [9.17, 15) is 9.18 Å². The van der Waals surface area contributed by atoms with Gasteiger partial charge in [0.1, 0.15) is 11.5 Å². The minimum Gasteiger partial charge on any atom is -0.347 e. The molecule has 1 amide bonds. The monoisotopic (exact) mass is 286 g/mol. The first-order chi connectivity index (χ1) is 10.2. The van der Waals surface area contributed by atoms with E-state index in [4.69, 9.17) is 0 Å². The highest BCUT2D eigenvalue weighted by Gasteiger charge is 2.29. The minimum atomic E-state index is -0.241. The van der Waals surface area contributed by atoms with E-state index in [1.54, 1.807) is 12.1 Å². The van der Waals surface area contributed by atoms with E-state index >= 15 is 0 Å². The highest BCUT2D eigenvalue weighted by molar-refractivity contribution is 5.93. The summed E-state index contributed by atoms with van der Waals surface area (Å²) in [5, 5.41) is 0. The van der Waals surface area contributed by atoms with Gasteiger partial charge in [0.15, 0.2) is 0 Å². The Morgan fingerprint density at radius 3 is 2.62 bits per heavy atom. The lowest BCUT2D eigenvalue weighted by atomic mass is 9.95. The van der Waals surface area contributed by atoms with Crippen molar-refractivity contribution in [2.45, 2.75) is 25.3 Å². The zero-order valence-corrected chi connectivity index (χ0v) is 12.1. The van der Waals surface area contributed by atoms with Crippen LogP contribution < -0.4 is 0 Å². The quantitative estimate of drug-likeness (QED) is 0.829. The summed E-state index contributed by atoms with van der Waals surface area (Å²) in [4.78, 5) is 14.7. The maximum atomic E-state index is 13.1. The highest BCUT2D eigenvalue weighted by atomic mass is 19.1. The Labute approximate surface area is 124 Å². The number of hydrogen-bond acceptors (Lipinski definition) is 1. The molecule has 1 aliphatic rings. The molecule has 3 rings (SSSR count). The van der Waals surface area contributed by atoms with Crippen molar-refractivity contribution in [3.05, 3.63) is 59.7 Å². The van der Waals surface area contributed by atoms with Crippen LogP contribution in [0.5, 0.6) is 0 Å². The molecule has 1 atom stereocenters. The van der Waals surface area contributed by atoms with Gasteiger partial charge in [0, 0.05) is 19.8 Å². The molecule has 1 aromatic heterocycles. The average Bonchev–Trinajstić information content (AvgIpc) is 2.93. The molecule has 0 unspecified atom stereocenters. The molecule has 0 bridgehead atoms. The third-order valence-electron chi connectivity index (χ3n) is 4.18. The van der Waals surface area contributed by atoms with Crippen molar-refractivity contribution < 1.29 is 9.18 Å². The second-order valence-corrected chi connectivity index (χ2v) is 5.57. The molecular formula is C17H19FN2O. The second-order valence-electron chi connectivity index (χ2n) is 5.57. The Kier molecular flexibility index (Phi) is 3.78. The first kappa shape index (κ1) is 13.9. The Morgan fingerprint density at radius 2 is 1.95 bits per heavy atom. The summed E-state index contributed by atoms with van der Waals surface area (Å²) in [7, 11) is 1.88. The highest BCUT2D eigenvalue weighted by Crippen LogP contribution is 2.32. The number of hydrogen-bond donors (Lipinski definition) is 0. The zero-order chi connectivity index (χ0) is 14.8. The van der Waals surface area contributed by atoms with Crippen LogP contribution in [0, 0.1) is 5.82 Å². The summed E-state index contributed by atoms with van der Waals surface area (Å²) in [6.07, 6.45) is 4.93. The lowest BCUT2D eigenvalue weighted by Crippen LogP contribution is -2.39. The van der Waals surface area contributed by atoms with E-state index in [1.807, 2.05) is 34.8 Å².